The van der Waals surface area contributed by atoms with Crippen LogP contribution in [0.5, 0.6) is 5.88 Å². The van der Waals surface area contributed by atoms with Crippen LogP contribution in [-0.2, 0) is 0 Å². The Labute approximate surface area is 296 Å². The van der Waals surface area contributed by atoms with Crippen molar-refractivity contribution in [3.63, 3.8) is 0 Å². The summed E-state index contributed by atoms with van der Waals surface area (Å²) in [6.07, 6.45) is 15.4. The number of nitrogens with zero attached hydrogens (tertiary/aromatic N) is 3. The minimum Gasteiger partial charge on any atom is -0.494 e. The number of rotatable bonds is 3. The molecule has 254 valence electrons. The standard InChI is InChI=1S/C42H40BrN3O4/c43-31-20-29-33-27(39(47)45(41(29)49)23-12-6-2-7-13-23)19-17-26-36-32(44-22-10-4-1-5-11-22)21-30-34-28(18-16-25(38(34)36)35(31)37(26)33)40(48)46(42(30)50)24-14-8-3-9-15-24/h16-24,49H,1-15H2. The Balaban J connectivity index is 1.39. The van der Waals surface area contributed by atoms with E-state index >= 15 is 0 Å². The molecule has 1 aliphatic heterocycles. The molecule has 3 fully saturated rings. The average molecular weight is 731 g/mol. The van der Waals surface area contributed by atoms with Gasteiger partial charge in [-0.2, -0.15) is 0 Å². The number of pyridine rings is 2. The second-order valence-electron chi connectivity index (χ2n) is 15.4. The highest BCUT2D eigenvalue weighted by Gasteiger charge is 2.31. The van der Waals surface area contributed by atoms with E-state index in [9.17, 15) is 19.5 Å². The van der Waals surface area contributed by atoms with Crippen molar-refractivity contribution in [2.24, 2.45) is 4.99 Å². The van der Waals surface area contributed by atoms with Crippen LogP contribution in [0.25, 0.3) is 65.0 Å². The summed E-state index contributed by atoms with van der Waals surface area (Å²) in [7, 11) is 0. The molecule has 4 aliphatic carbocycles. The molecule has 5 aromatic rings. The minimum atomic E-state index is -0.207. The van der Waals surface area contributed by atoms with Gasteiger partial charge in [-0.3, -0.25) is 28.5 Å². The topological polar surface area (TPSA) is 93.7 Å². The number of fused-ring (bicyclic) bond motifs is 2. The molecule has 2 heterocycles. The van der Waals surface area contributed by atoms with Gasteiger partial charge in [0.05, 0.1) is 17.0 Å². The molecule has 1 N–H and O–H groups in total. The van der Waals surface area contributed by atoms with Crippen LogP contribution >= 0.6 is 15.9 Å². The predicted octanol–water partition coefficient (Wildman–Crippen LogP) is 9.27. The van der Waals surface area contributed by atoms with E-state index < -0.39 is 0 Å². The maximum atomic E-state index is 14.5. The second-order valence-corrected chi connectivity index (χ2v) is 16.3. The van der Waals surface area contributed by atoms with Crippen LogP contribution < -0.4 is 22.0 Å². The lowest BCUT2D eigenvalue weighted by molar-refractivity contribution is 0.308. The van der Waals surface area contributed by atoms with Gasteiger partial charge in [0, 0.05) is 65.2 Å². The maximum Gasteiger partial charge on any atom is 0.261 e. The fraction of sp³-hybridized carbons (Fsp3) is 0.429. The Morgan fingerprint density at radius 3 is 1.80 bits per heavy atom. The van der Waals surface area contributed by atoms with E-state index in [2.05, 4.69) is 15.9 Å². The lowest BCUT2D eigenvalue weighted by Gasteiger charge is -2.27. The van der Waals surface area contributed by atoms with Gasteiger partial charge in [0.15, 0.2) is 0 Å². The highest BCUT2D eigenvalue weighted by molar-refractivity contribution is 9.10. The fourth-order valence-electron chi connectivity index (χ4n) is 10.3. The van der Waals surface area contributed by atoms with Crippen molar-refractivity contribution in [3.05, 3.63) is 77.3 Å². The first kappa shape index (κ1) is 30.8. The zero-order valence-corrected chi connectivity index (χ0v) is 29.8. The van der Waals surface area contributed by atoms with Crippen LogP contribution in [-0.4, -0.2) is 20.3 Å². The van der Waals surface area contributed by atoms with Crippen LogP contribution in [0, 0.1) is 0 Å². The molecule has 0 radical (unpaired) electrons. The highest BCUT2D eigenvalue weighted by Crippen LogP contribution is 2.49. The molecule has 5 aliphatic rings. The minimum absolute atomic E-state index is 0.0218. The van der Waals surface area contributed by atoms with Gasteiger partial charge in [-0.25, -0.2) is 0 Å². The number of hydrogen-bond acceptors (Lipinski definition) is 5. The zero-order chi connectivity index (χ0) is 33.8. The molecule has 0 bridgehead atoms. The molecule has 3 saturated carbocycles. The van der Waals surface area contributed by atoms with E-state index in [0.29, 0.717) is 27.3 Å². The van der Waals surface area contributed by atoms with Crippen molar-refractivity contribution >= 4 is 69.8 Å². The van der Waals surface area contributed by atoms with E-state index in [1.54, 1.807) is 9.13 Å². The molecular formula is C42H40BrN3O4. The molecule has 50 heavy (non-hydrogen) atoms. The predicted molar refractivity (Wildman–Crippen MR) is 205 cm³/mol. The summed E-state index contributed by atoms with van der Waals surface area (Å²) < 4.78 is 4.01. The number of halogens is 1. The summed E-state index contributed by atoms with van der Waals surface area (Å²) in [4.78, 5) is 48.6. The summed E-state index contributed by atoms with van der Waals surface area (Å²) in [6, 6.07) is 11.9. The maximum absolute atomic E-state index is 14.5. The Morgan fingerprint density at radius 2 is 1.12 bits per heavy atom. The van der Waals surface area contributed by atoms with Crippen LogP contribution in [0.4, 0.5) is 0 Å². The van der Waals surface area contributed by atoms with Crippen molar-refractivity contribution in [3.8, 4) is 17.0 Å². The summed E-state index contributed by atoms with van der Waals surface area (Å²) in [5, 5.41) is 20.7. The summed E-state index contributed by atoms with van der Waals surface area (Å²) in [5.74, 6) is 0.0287. The van der Waals surface area contributed by atoms with Crippen LogP contribution in [0.1, 0.15) is 108 Å². The first-order valence-corrected chi connectivity index (χ1v) is 19.6. The second kappa shape index (κ2) is 11.5. The molecule has 0 unspecified atom stereocenters. The molecule has 0 atom stereocenters. The van der Waals surface area contributed by atoms with E-state index in [1.807, 2.05) is 36.4 Å². The Kier molecular flexibility index (Phi) is 7.07. The van der Waals surface area contributed by atoms with E-state index in [1.165, 1.54) is 6.42 Å². The van der Waals surface area contributed by atoms with Crippen LogP contribution in [0.15, 0.2) is 60.2 Å². The molecular weight excluding hydrogens is 690 g/mol. The van der Waals surface area contributed by atoms with E-state index in [0.717, 1.165) is 137 Å². The van der Waals surface area contributed by atoms with E-state index in [-0.39, 0.29) is 40.7 Å². The largest absolute Gasteiger partial charge is 0.494 e. The third-order valence-electron chi connectivity index (χ3n) is 12.6. The molecule has 0 saturated heterocycles. The monoisotopic (exact) mass is 729 g/mol. The first-order chi connectivity index (χ1) is 24.4. The van der Waals surface area contributed by atoms with Crippen molar-refractivity contribution in [1.82, 2.24) is 9.13 Å². The smallest absolute Gasteiger partial charge is 0.261 e. The van der Waals surface area contributed by atoms with Gasteiger partial charge in [-0.1, -0.05) is 85.9 Å². The summed E-state index contributed by atoms with van der Waals surface area (Å²) >= 11 is 3.92. The van der Waals surface area contributed by atoms with Gasteiger partial charge >= 0.3 is 0 Å². The molecule has 10 rings (SSSR count). The zero-order valence-electron chi connectivity index (χ0n) is 28.2. The Morgan fingerprint density at radius 1 is 0.560 bits per heavy atom. The van der Waals surface area contributed by atoms with Crippen molar-refractivity contribution < 1.29 is 5.11 Å². The average Bonchev–Trinajstić information content (AvgIpc) is 3.14. The number of benzene rings is 5. The highest BCUT2D eigenvalue weighted by atomic mass is 79.9. The van der Waals surface area contributed by atoms with Crippen LogP contribution in [0.2, 0.25) is 0 Å². The van der Waals surface area contributed by atoms with Gasteiger partial charge in [0.2, 0.25) is 5.88 Å². The third kappa shape index (κ3) is 4.26. The molecule has 4 aromatic carbocycles. The lowest BCUT2D eigenvalue weighted by atomic mass is 9.83. The van der Waals surface area contributed by atoms with Gasteiger partial charge in [0.1, 0.15) is 0 Å². The summed E-state index contributed by atoms with van der Waals surface area (Å²) in [6.45, 7) is 0. The molecule has 0 spiro atoms. The van der Waals surface area contributed by atoms with Gasteiger partial charge in [-0.15, -0.1) is 0 Å². The van der Waals surface area contributed by atoms with Crippen molar-refractivity contribution in [2.75, 3.05) is 0 Å². The number of aromatic nitrogens is 2. The van der Waals surface area contributed by atoms with Crippen molar-refractivity contribution in [1.29, 1.82) is 0 Å². The lowest BCUT2D eigenvalue weighted by Crippen LogP contribution is -2.39. The van der Waals surface area contributed by atoms with Gasteiger partial charge in [-0.05, 0) is 73.6 Å². The van der Waals surface area contributed by atoms with Crippen LogP contribution in [0.3, 0.4) is 0 Å². The first-order valence-electron chi connectivity index (χ1n) is 18.8. The van der Waals surface area contributed by atoms with E-state index in [4.69, 9.17) is 4.99 Å². The molecule has 8 heteroatoms. The Hall–Kier alpha value is -4.04. The SMILES string of the molecule is O=c1c2ccc3c4c(=NC5CCCCC5)cc5c(=O)n(C6CCCCC6)c(=O)c6ccc(c4c6-5)c4c(Br)cc(c(O)n1C1CCCCC1)c2c34. The number of aromatic hydroxyl groups is 1. The molecule has 7 nitrogen and oxygen atoms in total. The van der Waals surface area contributed by atoms with Gasteiger partial charge < -0.3 is 5.11 Å². The third-order valence-corrected chi connectivity index (χ3v) is 13.3. The van der Waals surface area contributed by atoms with Crippen molar-refractivity contribution in [2.45, 2.75) is 114 Å². The fourth-order valence-corrected chi connectivity index (χ4v) is 10.9. The van der Waals surface area contributed by atoms with Gasteiger partial charge in [0.25, 0.3) is 16.7 Å². The quantitative estimate of drug-likeness (QED) is 0.145. The summed E-state index contributed by atoms with van der Waals surface area (Å²) in [5.41, 5.74) is 0.717. The Bertz CT molecular complexity index is 2690. The molecule has 0 amide bonds. The number of hydrogen-bond donors (Lipinski definition) is 1. The normalized spacial score (nSPS) is 19.5. The molecule has 1 aromatic heterocycles.